The molecule has 0 N–H and O–H groups in total. The number of halogens is 1. The van der Waals surface area contributed by atoms with Gasteiger partial charge in [-0.2, -0.15) is 0 Å². The lowest BCUT2D eigenvalue weighted by atomic mass is 10.1. The Hall–Kier alpha value is -3.95. The quantitative estimate of drug-likeness (QED) is 0.270. The molecular weight excluding hydrogens is 414 g/mol. The number of rotatable bonds is 3. The molecule has 0 aliphatic heterocycles. The van der Waals surface area contributed by atoms with Gasteiger partial charge in [-0.3, -0.25) is 0 Å². The molecule has 6 aromatic rings. The van der Waals surface area contributed by atoms with Crippen LogP contribution in [-0.2, 0) is 0 Å². The summed E-state index contributed by atoms with van der Waals surface area (Å²) in [7, 11) is 0. The topological polar surface area (TPSA) is 30.7 Å². The van der Waals surface area contributed by atoms with Crippen LogP contribution in [0, 0.1) is 0 Å². The average molecular weight is 432 g/mol. The molecule has 0 saturated carbocycles. The highest BCUT2D eigenvalue weighted by atomic mass is 35.5. The summed E-state index contributed by atoms with van der Waals surface area (Å²) < 4.78 is 2.30. The molecule has 32 heavy (non-hydrogen) atoms. The van der Waals surface area contributed by atoms with Gasteiger partial charge in [0, 0.05) is 33.7 Å². The molecule has 0 atom stereocenters. The Labute approximate surface area is 190 Å². The van der Waals surface area contributed by atoms with Crippen LogP contribution in [0.15, 0.2) is 109 Å². The van der Waals surface area contributed by atoms with Crippen LogP contribution in [0.1, 0.15) is 0 Å². The maximum atomic E-state index is 6.48. The Morgan fingerprint density at radius 1 is 0.625 bits per heavy atom. The van der Waals surface area contributed by atoms with E-state index in [0.717, 1.165) is 33.5 Å². The smallest absolute Gasteiger partial charge is 0.161 e. The van der Waals surface area contributed by atoms with Crippen LogP contribution in [-0.4, -0.2) is 14.5 Å². The van der Waals surface area contributed by atoms with E-state index in [1.165, 1.54) is 10.8 Å². The monoisotopic (exact) mass is 431 g/mol. The Morgan fingerprint density at radius 2 is 1.31 bits per heavy atom. The fourth-order valence-electron chi connectivity index (χ4n) is 4.34. The van der Waals surface area contributed by atoms with Crippen LogP contribution in [0.4, 0.5) is 0 Å². The minimum absolute atomic E-state index is 0.424. The van der Waals surface area contributed by atoms with Gasteiger partial charge >= 0.3 is 0 Å². The van der Waals surface area contributed by atoms with E-state index >= 15 is 0 Å². The van der Waals surface area contributed by atoms with E-state index in [0.29, 0.717) is 11.0 Å². The van der Waals surface area contributed by atoms with Crippen molar-refractivity contribution in [2.75, 3.05) is 0 Å². The molecule has 0 amide bonds. The average Bonchev–Trinajstić information content (AvgIpc) is 3.19. The van der Waals surface area contributed by atoms with Crippen LogP contribution < -0.4 is 0 Å². The molecule has 0 radical (unpaired) electrons. The molecule has 0 spiro atoms. The summed E-state index contributed by atoms with van der Waals surface area (Å²) in [4.78, 5) is 9.40. The van der Waals surface area contributed by atoms with Crippen LogP contribution in [0.2, 0.25) is 5.15 Å². The standard InChI is InChI=1S/C28H18ClN3/c29-26-18-24(30-28(31-26)19-10-3-1-4-11-19)23-16-9-15-22-21-14-7-8-17-25(21)32(27(22)23)20-12-5-2-6-13-20/h1-18H. The lowest BCUT2D eigenvalue weighted by molar-refractivity contribution is 1.16. The fourth-order valence-corrected chi connectivity index (χ4v) is 4.53. The van der Waals surface area contributed by atoms with Gasteiger partial charge in [0.15, 0.2) is 5.82 Å². The molecule has 3 nitrogen and oxygen atoms in total. The number of hydrogen-bond donors (Lipinski definition) is 0. The van der Waals surface area contributed by atoms with E-state index in [1.807, 2.05) is 42.5 Å². The minimum Gasteiger partial charge on any atom is -0.309 e. The third-order valence-corrected chi connectivity index (χ3v) is 5.91. The normalized spacial score (nSPS) is 11.3. The summed E-state index contributed by atoms with van der Waals surface area (Å²) in [6.45, 7) is 0. The van der Waals surface area contributed by atoms with Crippen molar-refractivity contribution in [2.24, 2.45) is 0 Å². The van der Waals surface area contributed by atoms with Crippen LogP contribution in [0.3, 0.4) is 0 Å². The fraction of sp³-hybridized carbons (Fsp3) is 0. The molecule has 0 aliphatic carbocycles. The van der Waals surface area contributed by atoms with E-state index in [1.54, 1.807) is 0 Å². The first-order chi connectivity index (χ1) is 15.8. The van der Waals surface area contributed by atoms with Gasteiger partial charge < -0.3 is 4.57 Å². The van der Waals surface area contributed by atoms with Crippen molar-refractivity contribution in [1.82, 2.24) is 14.5 Å². The molecule has 0 aliphatic rings. The molecule has 2 heterocycles. The highest BCUT2D eigenvalue weighted by Gasteiger charge is 2.17. The number of nitrogens with zero attached hydrogens (tertiary/aromatic N) is 3. The van der Waals surface area contributed by atoms with Crippen molar-refractivity contribution >= 4 is 33.4 Å². The zero-order chi connectivity index (χ0) is 21.5. The van der Waals surface area contributed by atoms with Gasteiger partial charge in [-0.15, -0.1) is 0 Å². The Morgan fingerprint density at radius 3 is 2.12 bits per heavy atom. The van der Waals surface area contributed by atoms with E-state index in [-0.39, 0.29) is 0 Å². The number of para-hydroxylation sites is 3. The highest BCUT2D eigenvalue weighted by Crippen LogP contribution is 2.38. The second kappa shape index (κ2) is 7.63. The summed E-state index contributed by atoms with van der Waals surface area (Å²) in [5, 5.41) is 2.81. The summed E-state index contributed by atoms with van der Waals surface area (Å²) >= 11 is 6.48. The number of aromatic nitrogens is 3. The van der Waals surface area contributed by atoms with E-state index < -0.39 is 0 Å². The molecule has 0 unspecified atom stereocenters. The predicted octanol–water partition coefficient (Wildman–Crippen LogP) is 7.56. The van der Waals surface area contributed by atoms with E-state index in [9.17, 15) is 0 Å². The summed E-state index contributed by atoms with van der Waals surface area (Å²) in [5.41, 5.74) is 6.12. The van der Waals surface area contributed by atoms with E-state index in [4.69, 9.17) is 16.6 Å². The molecule has 6 rings (SSSR count). The molecule has 2 aromatic heterocycles. The summed E-state index contributed by atoms with van der Waals surface area (Å²) in [6, 6.07) is 37.0. The Balaban J connectivity index is 1.70. The van der Waals surface area contributed by atoms with Crippen molar-refractivity contribution in [1.29, 1.82) is 0 Å². The maximum Gasteiger partial charge on any atom is 0.161 e. The van der Waals surface area contributed by atoms with Crippen molar-refractivity contribution in [3.05, 3.63) is 114 Å². The molecule has 4 aromatic carbocycles. The third-order valence-electron chi connectivity index (χ3n) is 5.71. The lowest BCUT2D eigenvalue weighted by Crippen LogP contribution is -1.97. The lowest BCUT2D eigenvalue weighted by Gasteiger charge is -2.12. The maximum absolute atomic E-state index is 6.48. The Kier molecular flexibility index (Phi) is 4.48. The van der Waals surface area contributed by atoms with Crippen molar-refractivity contribution < 1.29 is 0 Å². The van der Waals surface area contributed by atoms with Gasteiger partial charge in [0.05, 0.1) is 16.7 Å². The van der Waals surface area contributed by atoms with Crippen molar-refractivity contribution in [3.8, 4) is 28.3 Å². The molecule has 0 fully saturated rings. The zero-order valence-corrected chi connectivity index (χ0v) is 17.9. The number of fused-ring (bicyclic) bond motifs is 3. The number of benzene rings is 4. The highest BCUT2D eigenvalue weighted by molar-refractivity contribution is 6.29. The third kappa shape index (κ3) is 3.06. The first kappa shape index (κ1) is 18.8. The molecular formula is C28H18ClN3. The SMILES string of the molecule is Clc1cc(-c2cccc3c4ccccc4n(-c4ccccc4)c23)nc(-c2ccccc2)n1. The zero-order valence-electron chi connectivity index (χ0n) is 17.1. The Bertz CT molecular complexity index is 1570. The summed E-state index contributed by atoms with van der Waals surface area (Å²) in [6.07, 6.45) is 0. The largest absolute Gasteiger partial charge is 0.309 e. The summed E-state index contributed by atoms with van der Waals surface area (Å²) in [5.74, 6) is 0.618. The van der Waals surface area contributed by atoms with Crippen LogP contribution in [0.25, 0.3) is 50.1 Å². The predicted molar refractivity (Wildman–Crippen MR) is 132 cm³/mol. The molecule has 152 valence electrons. The van der Waals surface area contributed by atoms with Gasteiger partial charge in [0.25, 0.3) is 0 Å². The van der Waals surface area contributed by atoms with E-state index in [2.05, 4.69) is 76.3 Å². The first-order valence-corrected chi connectivity index (χ1v) is 10.9. The molecule has 0 bridgehead atoms. The number of hydrogen-bond acceptors (Lipinski definition) is 2. The second-order valence-electron chi connectivity index (χ2n) is 7.66. The molecule has 4 heteroatoms. The first-order valence-electron chi connectivity index (χ1n) is 10.5. The van der Waals surface area contributed by atoms with Gasteiger partial charge in [-0.1, -0.05) is 96.5 Å². The van der Waals surface area contributed by atoms with Gasteiger partial charge in [-0.05, 0) is 18.2 Å². The van der Waals surface area contributed by atoms with Crippen molar-refractivity contribution in [3.63, 3.8) is 0 Å². The minimum atomic E-state index is 0.424. The van der Waals surface area contributed by atoms with Crippen molar-refractivity contribution in [2.45, 2.75) is 0 Å². The van der Waals surface area contributed by atoms with Crippen LogP contribution in [0.5, 0.6) is 0 Å². The van der Waals surface area contributed by atoms with Gasteiger partial charge in [-0.25, -0.2) is 9.97 Å². The van der Waals surface area contributed by atoms with Gasteiger partial charge in [0.1, 0.15) is 5.15 Å². The second-order valence-corrected chi connectivity index (χ2v) is 8.04. The van der Waals surface area contributed by atoms with Crippen LogP contribution >= 0.6 is 11.6 Å². The molecule has 0 saturated heterocycles. The van der Waals surface area contributed by atoms with Gasteiger partial charge in [0.2, 0.25) is 0 Å².